The minimum absolute atomic E-state index is 0.107. The fourth-order valence-corrected chi connectivity index (χ4v) is 2.81. The molecule has 0 bridgehead atoms. The minimum atomic E-state index is -0.441. The van der Waals surface area contributed by atoms with Crippen molar-refractivity contribution >= 4 is 22.4 Å². The van der Waals surface area contributed by atoms with Gasteiger partial charge in [-0.3, -0.25) is 14.9 Å². The molecule has 0 unspecified atom stereocenters. The third kappa shape index (κ3) is 3.54. The van der Waals surface area contributed by atoms with Crippen molar-refractivity contribution in [2.75, 3.05) is 5.32 Å². The third-order valence-electron chi connectivity index (χ3n) is 3.35. The number of hydrogen-bond donors (Lipinski definition) is 1. The van der Waals surface area contributed by atoms with Gasteiger partial charge in [0.1, 0.15) is 5.56 Å². The summed E-state index contributed by atoms with van der Waals surface area (Å²) in [6, 6.07) is 11.2. The lowest BCUT2D eigenvalue weighted by Crippen LogP contribution is -2.29. The van der Waals surface area contributed by atoms with Crippen LogP contribution < -0.4 is 10.9 Å². The zero-order valence-electron chi connectivity index (χ0n) is 12.5. The van der Waals surface area contributed by atoms with Crippen molar-refractivity contribution in [2.45, 2.75) is 13.5 Å². The Balaban J connectivity index is 1.86. The molecule has 0 saturated carbocycles. The predicted molar refractivity (Wildman–Crippen MR) is 91.1 cm³/mol. The van der Waals surface area contributed by atoms with Crippen LogP contribution in [0.2, 0.25) is 0 Å². The number of hydrogen-bond acceptors (Lipinski definition) is 4. The summed E-state index contributed by atoms with van der Waals surface area (Å²) in [6.45, 7) is 2.43. The Morgan fingerprint density at radius 3 is 2.91 bits per heavy atom. The molecular weight excluding hydrogens is 310 g/mol. The molecule has 6 heteroatoms. The van der Waals surface area contributed by atoms with Gasteiger partial charge in [0.15, 0.2) is 5.13 Å². The fourth-order valence-electron chi connectivity index (χ4n) is 2.29. The summed E-state index contributed by atoms with van der Waals surface area (Å²) < 4.78 is 1.53. The second-order valence-corrected chi connectivity index (χ2v) is 6.03. The van der Waals surface area contributed by atoms with Gasteiger partial charge in [0.25, 0.3) is 11.5 Å². The predicted octanol–water partition coefficient (Wildman–Crippen LogP) is 2.91. The van der Waals surface area contributed by atoms with Crippen molar-refractivity contribution < 1.29 is 4.79 Å². The summed E-state index contributed by atoms with van der Waals surface area (Å²) in [5.41, 5.74) is 1.94. The van der Waals surface area contributed by atoms with Gasteiger partial charge in [-0.1, -0.05) is 29.8 Å². The molecule has 1 N–H and O–H groups in total. The molecule has 0 aliphatic rings. The van der Waals surface area contributed by atoms with Crippen molar-refractivity contribution in [3.05, 3.63) is 81.2 Å². The number of anilines is 1. The average Bonchev–Trinajstić information content (AvgIpc) is 3.02. The summed E-state index contributed by atoms with van der Waals surface area (Å²) in [6.07, 6.45) is 3.28. The van der Waals surface area contributed by atoms with Crippen LogP contribution in [0.3, 0.4) is 0 Å². The lowest BCUT2D eigenvalue weighted by molar-refractivity contribution is 0.102. The molecule has 1 aromatic carbocycles. The van der Waals surface area contributed by atoms with Crippen LogP contribution in [-0.2, 0) is 6.54 Å². The number of carbonyl (C=O) groups excluding carboxylic acids is 1. The maximum atomic E-state index is 12.5. The van der Waals surface area contributed by atoms with Gasteiger partial charge in [0.05, 0.1) is 6.54 Å². The smallest absolute Gasteiger partial charge is 0.263 e. The molecule has 116 valence electrons. The number of benzene rings is 1. The highest BCUT2D eigenvalue weighted by molar-refractivity contribution is 7.13. The van der Waals surface area contributed by atoms with E-state index in [-0.39, 0.29) is 11.1 Å². The van der Waals surface area contributed by atoms with Crippen molar-refractivity contribution in [1.29, 1.82) is 0 Å². The number of nitrogens with one attached hydrogen (secondary N) is 1. The van der Waals surface area contributed by atoms with Crippen LogP contribution in [0.5, 0.6) is 0 Å². The first-order valence-electron chi connectivity index (χ1n) is 7.09. The summed E-state index contributed by atoms with van der Waals surface area (Å²) in [5, 5.41) is 4.87. The summed E-state index contributed by atoms with van der Waals surface area (Å²) >= 11 is 1.31. The number of carbonyl (C=O) groups is 1. The summed E-state index contributed by atoms with van der Waals surface area (Å²) in [7, 11) is 0. The molecule has 0 spiro atoms. The van der Waals surface area contributed by atoms with Crippen LogP contribution in [0.1, 0.15) is 21.5 Å². The van der Waals surface area contributed by atoms with E-state index in [2.05, 4.69) is 10.3 Å². The highest BCUT2D eigenvalue weighted by Gasteiger charge is 2.13. The van der Waals surface area contributed by atoms with E-state index in [9.17, 15) is 9.59 Å². The number of pyridine rings is 1. The Labute approximate surface area is 137 Å². The molecule has 0 aliphatic heterocycles. The van der Waals surface area contributed by atoms with Gasteiger partial charge >= 0.3 is 0 Å². The second-order valence-electron chi connectivity index (χ2n) is 5.14. The minimum Gasteiger partial charge on any atom is -0.310 e. The molecule has 3 rings (SSSR count). The Morgan fingerprint density at radius 1 is 1.30 bits per heavy atom. The van der Waals surface area contributed by atoms with Crippen molar-refractivity contribution in [2.24, 2.45) is 0 Å². The molecule has 0 atom stereocenters. The van der Waals surface area contributed by atoms with Crippen LogP contribution in [-0.4, -0.2) is 15.5 Å². The highest BCUT2D eigenvalue weighted by Crippen LogP contribution is 2.11. The maximum absolute atomic E-state index is 12.5. The fraction of sp³-hybridized carbons (Fsp3) is 0.118. The van der Waals surface area contributed by atoms with Crippen LogP contribution in [0.4, 0.5) is 5.13 Å². The number of thiazole rings is 1. The molecule has 0 aliphatic carbocycles. The number of rotatable bonds is 4. The lowest BCUT2D eigenvalue weighted by Gasteiger charge is -2.08. The van der Waals surface area contributed by atoms with Crippen LogP contribution in [0, 0.1) is 6.92 Å². The van der Waals surface area contributed by atoms with E-state index >= 15 is 0 Å². The monoisotopic (exact) mass is 325 g/mol. The number of aryl methyl sites for hydroxylation is 1. The van der Waals surface area contributed by atoms with E-state index in [0.29, 0.717) is 11.7 Å². The lowest BCUT2D eigenvalue weighted by atomic mass is 10.1. The first-order valence-corrected chi connectivity index (χ1v) is 7.97. The highest BCUT2D eigenvalue weighted by atomic mass is 32.1. The topological polar surface area (TPSA) is 64.0 Å². The van der Waals surface area contributed by atoms with E-state index in [1.54, 1.807) is 23.8 Å². The van der Waals surface area contributed by atoms with Crippen LogP contribution in [0.15, 0.2) is 59.0 Å². The van der Waals surface area contributed by atoms with Gasteiger partial charge in [0, 0.05) is 17.8 Å². The first-order chi connectivity index (χ1) is 11.1. The molecule has 0 saturated heterocycles. The summed E-state index contributed by atoms with van der Waals surface area (Å²) in [4.78, 5) is 28.7. The second kappa shape index (κ2) is 6.58. The largest absolute Gasteiger partial charge is 0.310 e. The number of amides is 1. The van der Waals surface area contributed by atoms with Gasteiger partial charge in [0.2, 0.25) is 0 Å². The Bertz CT molecular complexity index is 885. The molecule has 5 nitrogen and oxygen atoms in total. The average molecular weight is 325 g/mol. The van der Waals surface area contributed by atoms with Crippen molar-refractivity contribution in [1.82, 2.24) is 9.55 Å². The Hall–Kier alpha value is -2.73. The van der Waals surface area contributed by atoms with Gasteiger partial charge in [-0.15, -0.1) is 11.3 Å². The Kier molecular flexibility index (Phi) is 4.34. The van der Waals surface area contributed by atoms with Crippen molar-refractivity contribution in [3.63, 3.8) is 0 Å². The molecule has 0 fully saturated rings. The molecule has 0 radical (unpaired) electrons. The standard InChI is InChI=1S/C17H15N3O2S/c1-12-4-2-5-13(10-12)11-20-8-3-6-14(16(20)22)15(21)19-17-18-7-9-23-17/h2-10H,11H2,1H3,(H,18,19,21). The molecule has 2 heterocycles. The van der Waals surface area contributed by atoms with Gasteiger partial charge in [-0.05, 0) is 24.6 Å². The zero-order chi connectivity index (χ0) is 16.2. The van der Waals surface area contributed by atoms with Gasteiger partial charge < -0.3 is 4.57 Å². The molecule has 23 heavy (non-hydrogen) atoms. The normalized spacial score (nSPS) is 10.5. The van der Waals surface area contributed by atoms with E-state index in [1.807, 2.05) is 31.2 Å². The molecule has 3 aromatic rings. The quantitative estimate of drug-likeness (QED) is 0.802. The Morgan fingerprint density at radius 2 is 2.17 bits per heavy atom. The molecule has 1 amide bonds. The number of nitrogens with zero attached hydrogens (tertiary/aromatic N) is 2. The summed E-state index contributed by atoms with van der Waals surface area (Å²) in [5.74, 6) is -0.441. The van der Waals surface area contributed by atoms with Crippen molar-refractivity contribution in [3.8, 4) is 0 Å². The molecule has 2 aromatic heterocycles. The van der Waals surface area contributed by atoms with E-state index in [0.717, 1.165) is 11.1 Å². The van der Waals surface area contributed by atoms with E-state index < -0.39 is 5.91 Å². The van der Waals surface area contributed by atoms with E-state index in [1.165, 1.54) is 22.0 Å². The van der Waals surface area contributed by atoms with Crippen LogP contribution >= 0.6 is 11.3 Å². The SMILES string of the molecule is Cc1cccc(Cn2cccc(C(=O)Nc3nccs3)c2=O)c1. The zero-order valence-corrected chi connectivity index (χ0v) is 13.3. The van der Waals surface area contributed by atoms with Gasteiger partial charge in [-0.2, -0.15) is 0 Å². The number of aromatic nitrogens is 2. The molecular formula is C17H15N3O2S. The third-order valence-corrected chi connectivity index (χ3v) is 4.04. The van der Waals surface area contributed by atoms with Gasteiger partial charge in [-0.25, -0.2) is 4.98 Å². The van der Waals surface area contributed by atoms with E-state index in [4.69, 9.17) is 0 Å². The first kappa shape index (κ1) is 15.2. The maximum Gasteiger partial charge on any atom is 0.263 e. The van der Waals surface area contributed by atoms with Crippen LogP contribution in [0.25, 0.3) is 0 Å².